The number of hydrogen-bond donors (Lipinski definition) is 2. The van der Waals surface area contributed by atoms with Crippen molar-refractivity contribution in [1.82, 2.24) is 20.4 Å². The minimum absolute atomic E-state index is 0. The first kappa shape index (κ1) is 22.4. The minimum atomic E-state index is 0. The molecule has 0 radical (unpaired) electrons. The van der Waals surface area contributed by atoms with Gasteiger partial charge in [-0.25, -0.2) is 4.68 Å². The van der Waals surface area contributed by atoms with E-state index in [0.29, 0.717) is 19.1 Å². The zero-order valence-electron chi connectivity index (χ0n) is 15.8. The van der Waals surface area contributed by atoms with Crippen LogP contribution in [0.2, 0.25) is 0 Å². The summed E-state index contributed by atoms with van der Waals surface area (Å²) in [7, 11) is 1.77. The first-order valence-corrected chi connectivity index (χ1v) is 8.80. The molecule has 144 valence electrons. The first-order chi connectivity index (χ1) is 12.2. The van der Waals surface area contributed by atoms with Crippen LogP contribution in [0.1, 0.15) is 25.8 Å². The summed E-state index contributed by atoms with van der Waals surface area (Å²) in [6.45, 7) is 7.30. The van der Waals surface area contributed by atoms with Gasteiger partial charge in [-0.05, 0) is 24.5 Å². The smallest absolute Gasteiger partial charge is 0.191 e. The van der Waals surface area contributed by atoms with Gasteiger partial charge in [-0.1, -0.05) is 32.0 Å². The Kier molecular flexibility index (Phi) is 11.0. The van der Waals surface area contributed by atoms with Gasteiger partial charge in [0.15, 0.2) is 5.96 Å². The van der Waals surface area contributed by atoms with E-state index in [2.05, 4.69) is 34.6 Å². The maximum Gasteiger partial charge on any atom is 0.191 e. The van der Waals surface area contributed by atoms with Crippen LogP contribution in [0.5, 0.6) is 0 Å². The highest BCUT2D eigenvalue weighted by Crippen LogP contribution is 2.07. The second-order valence-corrected chi connectivity index (χ2v) is 6.28. The van der Waals surface area contributed by atoms with Crippen LogP contribution in [0.15, 0.2) is 47.7 Å². The van der Waals surface area contributed by atoms with Crippen molar-refractivity contribution in [1.29, 1.82) is 0 Å². The second-order valence-electron chi connectivity index (χ2n) is 6.28. The van der Waals surface area contributed by atoms with Crippen LogP contribution >= 0.6 is 24.0 Å². The normalized spacial score (nSPS) is 11.3. The summed E-state index contributed by atoms with van der Waals surface area (Å²) in [6, 6.07) is 10.1. The van der Waals surface area contributed by atoms with E-state index in [9.17, 15) is 0 Å². The molecule has 1 aromatic heterocycles. The number of aromatic nitrogens is 2. The lowest BCUT2D eigenvalue weighted by molar-refractivity contribution is 0.128. The topological polar surface area (TPSA) is 63.5 Å². The predicted octanol–water partition coefficient (Wildman–Crippen LogP) is 3.22. The number of nitrogens with one attached hydrogen (secondary N) is 2. The number of rotatable bonds is 9. The molecule has 6 nitrogen and oxygen atoms in total. The highest BCUT2D eigenvalue weighted by atomic mass is 127. The lowest BCUT2D eigenvalue weighted by Crippen LogP contribution is -2.38. The van der Waals surface area contributed by atoms with E-state index in [0.717, 1.165) is 36.8 Å². The fourth-order valence-electron chi connectivity index (χ4n) is 2.24. The van der Waals surface area contributed by atoms with Crippen molar-refractivity contribution in [3.63, 3.8) is 0 Å². The molecule has 0 saturated carbocycles. The number of hydrogen-bond acceptors (Lipinski definition) is 3. The monoisotopic (exact) mass is 471 g/mol. The van der Waals surface area contributed by atoms with Crippen molar-refractivity contribution >= 4 is 29.9 Å². The highest BCUT2D eigenvalue weighted by Gasteiger charge is 2.02. The van der Waals surface area contributed by atoms with Crippen LogP contribution in [-0.4, -0.2) is 42.5 Å². The summed E-state index contributed by atoms with van der Waals surface area (Å²) in [6.07, 6.45) is 4.98. The zero-order valence-corrected chi connectivity index (χ0v) is 18.1. The summed E-state index contributed by atoms with van der Waals surface area (Å²) >= 11 is 0. The van der Waals surface area contributed by atoms with Gasteiger partial charge < -0.3 is 15.4 Å². The average molecular weight is 471 g/mol. The lowest BCUT2D eigenvalue weighted by atomic mass is 10.1. The summed E-state index contributed by atoms with van der Waals surface area (Å²) in [5, 5.41) is 10.9. The number of ether oxygens (including phenoxy) is 1. The number of halogens is 1. The van der Waals surface area contributed by atoms with Gasteiger partial charge in [0, 0.05) is 38.5 Å². The number of guanidine groups is 1. The molecule has 26 heavy (non-hydrogen) atoms. The van der Waals surface area contributed by atoms with E-state index < -0.39 is 0 Å². The van der Waals surface area contributed by atoms with Gasteiger partial charge in [-0.2, -0.15) is 5.10 Å². The summed E-state index contributed by atoms with van der Waals surface area (Å²) in [4.78, 5) is 4.23. The fourth-order valence-corrected chi connectivity index (χ4v) is 2.24. The van der Waals surface area contributed by atoms with Crippen LogP contribution < -0.4 is 10.6 Å². The Morgan fingerprint density at radius 1 is 1.19 bits per heavy atom. The molecule has 0 amide bonds. The van der Waals surface area contributed by atoms with Gasteiger partial charge in [0.2, 0.25) is 0 Å². The third kappa shape index (κ3) is 8.18. The van der Waals surface area contributed by atoms with Gasteiger partial charge in [0.05, 0.1) is 18.5 Å². The van der Waals surface area contributed by atoms with E-state index in [1.54, 1.807) is 7.05 Å². The number of aliphatic imine (C=N–C) groups is 1. The minimum Gasteiger partial charge on any atom is -0.380 e. The molecule has 0 spiro atoms. The Balaban J connectivity index is 0.00000338. The molecular weight excluding hydrogens is 441 g/mol. The lowest BCUT2D eigenvalue weighted by Gasteiger charge is -2.11. The van der Waals surface area contributed by atoms with E-state index >= 15 is 0 Å². The third-order valence-corrected chi connectivity index (χ3v) is 3.72. The Labute approximate surface area is 173 Å². The van der Waals surface area contributed by atoms with Crippen LogP contribution in [0.4, 0.5) is 0 Å². The average Bonchev–Trinajstić information content (AvgIpc) is 3.10. The third-order valence-electron chi connectivity index (χ3n) is 3.72. The molecule has 7 heteroatoms. The van der Waals surface area contributed by atoms with Gasteiger partial charge in [-0.15, -0.1) is 24.0 Å². The summed E-state index contributed by atoms with van der Waals surface area (Å²) in [5.41, 5.74) is 2.15. The van der Waals surface area contributed by atoms with Crippen molar-refractivity contribution in [3.05, 3.63) is 48.3 Å². The van der Waals surface area contributed by atoms with Gasteiger partial charge in [-0.3, -0.25) is 4.99 Å². The molecule has 2 N–H and O–H groups in total. The SMILES string of the molecule is CN=C(NCCOCCC(C)C)NCc1cnn(-c2ccccc2)c1.I. The van der Waals surface area contributed by atoms with Crippen molar-refractivity contribution in [2.45, 2.75) is 26.8 Å². The van der Waals surface area contributed by atoms with Crippen molar-refractivity contribution < 1.29 is 4.74 Å². The summed E-state index contributed by atoms with van der Waals surface area (Å²) in [5.74, 6) is 1.44. The number of benzene rings is 1. The fraction of sp³-hybridized carbons (Fsp3) is 0.474. The van der Waals surface area contributed by atoms with Crippen LogP contribution in [0, 0.1) is 5.92 Å². The number of para-hydroxylation sites is 1. The predicted molar refractivity (Wildman–Crippen MR) is 117 cm³/mol. The highest BCUT2D eigenvalue weighted by molar-refractivity contribution is 14.0. The van der Waals surface area contributed by atoms with E-state index in [4.69, 9.17) is 4.74 Å². The molecule has 0 aliphatic carbocycles. The van der Waals surface area contributed by atoms with Crippen LogP contribution in [0.25, 0.3) is 5.69 Å². The van der Waals surface area contributed by atoms with E-state index in [1.165, 1.54) is 0 Å². The molecular formula is C19H30IN5O. The molecule has 0 aliphatic heterocycles. The van der Waals surface area contributed by atoms with Crippen molar-refractivity contribution in [2.24, 2.45) is 10.9 Å². The van der Waals surface area contributed by atoms with Crippen LogP contribution in [-0.2, 0) is 11.3 Å². The maximum absolute atomic E-state index is 5.60. The number of nitrogens with zero attached hydrogens (tertiary/aromatic N) is 3. The molecule has 0 unspecified atom stereocenters. The Hall–Kier alpha value is -1.61. The molecule has 2 aromatic rings. The van der Waals surface area contributed by atoms with Gasteiger partial charge in [0.1, 0.15) is 0 Å². The largest absolute Gasteiger partial charge is 0.380 e. The molecule has 0 saturated heterocycles. The standard InChI is InChI=1S/C19H29N5O.HI/c1-16(2)9-11-25-12-10-21-19(20-3)22-13-17-14-23-24(15-17)18-7-5-4-6-8-18;/h4-8,14-16H,9-13H2,1-3H3,(H2,20,21,22);1H. The molecule has 0 bridgehead atoms. The summed E-state index contributed by atoms with van der Waals surface area (Å²) < 4.78 is 7.47. The van der Waals surface area contributed by atoms with Crippen molar-refractivity contribution in [3.8, 4) is 5.69 Å². The second kappa shape index (κ2) is 12.7. The van der Waals surface area contributed by atoms with E-state index in [1.807, 2.05) is 47.4 Å². The van der Waals surface area contributed by atoms with E-state index in [-0.39, 0.29) is 24.0 Å². The Morgan fingerprint density at radius 2 is 1.96 bits per heavy atom. The molecule has 0 aliphatic rings. The van der Waals surface area contributed by atoms with Crippen molar-refractivity contribution in [2.75, 3.05) is 26.8 Å². The Morgan fingerprint density at radius 3 is 2.65 bits per heavy atom. The molecule has 0 atom stereocenters. The maximum atomic E-state index is 5.60. The zero-order chi connectivity index (χ0) is 17.9. The van der Waals surface area contributed by atoms with Gasteiger partial charge in [0.25, 0.3) is 0 Å². The molecule has 0 fully saturated rings. The Bertz CT molecular complexity index is 642. The van der Waals surface area contributed by atoms with Crippen LogP contribution in [0.3, 0.4) is 0 Å². The molecule has 1 heterocycles. The van der Waals surface area contributed by atoms with Gasteiger partial charge >= 0.3 is 0 Å². The molecule has 2 rings (SSSR count). The molecule has 1 aromatic carbocycles. The first-order valence-electron chi connectivity index (χ1n) is 8.80. The quantitative estimate of drug-likeness (QED) is 0.255.